The van der Waals surface area contributed by atoms with E-state index in [9.17, 15) is 4.79 Å². The monoisotopic (exact) mass is 315 g/mol. The van der Waals surface area contributed by atoms with Gasteiger partial charge >= 0.3 is 0 Å². The average molecular weight is 315 g/mol. The molecule has 2 nitrogen and oxygen atoms in total. The SMILES string of the molecule is O=C([C@@H]1[C@@H](c2ccccc2)[C@@H]2C=C[C@H]1C2)N1CCSC1=S. The first-order valence-electron chi connectivity index (χ1n) is 7.47. The van der Waals surface area contributed by atoms with Crippen molar-refractivity contribution >= 4 is 34.2 Å². The largest absolute Gasteiger partial charge is 0.297 e. The van der Waals surface area contributed by atoms with Crippen molar-refractivity contribution in [2.45, 2.75) is 12.3 Å². The number of benzene rings is 1. The maximum Gasteiger partial charge on any atom is 0.232 e. The Kier molecular flexibility index (Phi) is 3.38. The summed E-state index contributed by atoms with van der Waals surface area (Å²) in [6, 6.07) is 10.5. The molecule has 4 heteroatoms. The molecule has 1 saturated carbocycles. The molecular weight excluding hydrogens is 298 g/mol. The number of fused-ring (bicyclic) bond motifs is 2. The van der Waals surface area contributed by atoms with Crippen LogP contribution in [0.5, 0.6) is 0 Å². The molecular formula is C17H17NOS2. The first-order chi connectivity index (χ1) is 10.3. The van der Waals surface area contributed by atoms with Crippen LogP contribution in [0.3, 0.4) is 0 Å². The standard InChI is InChI=1S/C17H17NOS2/c19-16(18-8-9-21-17(18)20)15-13-7-6-12(10-13)14(15)11-4-2-1-3-5-11/h1-7,12-15H,8-10H2/t12-,13+,14+,15+/m1/s1. The number of thiocarbonyl (C=S) groups is 1. The van der Waals surface area contributed by atoms with Crippen LogP contribution in [-0.2, 0) is 4.79 Å². The Morgan fingerprint density at radius 3 is 2.67 bits per heavy atom. The Morgan fingerprint density at radius 1 is 1.19 bits per heavy atom. The van der Waals surface area contributed by atoms with E-state index >= 15 is 0 Å². The number of nitrogens with zero attached hydrogens (tertiary/aromatic N) is 1. The van der Waals surface area contributed by atoms with Crippen molar-refractivity contribution in [3.05, 3.63) is 48.0 Å². The Bertz CT molecular complexity index is 612. The Labute approximate surface area is 134 Å². The summed E-state index contributed by atoms with van der Waals surface area (Å²) in [7, 11) is 0. The van der Waals surface area contributed by atoms with Crippen LogP contribution in [0.25, 0.3) is 0 Å². The van der Waals surface area contributed by atoms with E-state index in [4.69, 9.17) is 12.2 Å². The zero-order valence-corrected chi connectivity index (χ0v) is 13.3. The molecule has 0 spiro atoms. The number of carbonyl (C=O) groups excluding carboxylic acids is 1. The van der Waals surface area contributed by atoms with Crippen molar-refractivity contribution in [2.75, 3.05) is 12.3 Å². The van der Waals surface area contributed by atoms with Crippen LogP contribution in [0.1, 0.15) is 17.9 Å². The molecule has 0 radical (unpaired) electrons. The number of amides is 1. The summed E-state index contributed by atoms with van der Waals surface area (Å²) < 4.78 is 0.763. The van der Waals surface area contributed by atoms with Gasteiger partial charge in [-0.25, -0.2) is 0 Å². The summed E-state index contributed by atoms with van der Waals surface area (Å²) in [6.07, 6.45) is 5.67. The van der Waals surface area contributed by atoms with E-state index in [0.717, 1.165) is 23.0 Å². The third-order valence-corrected chi connectivity index (χ3v) is 6.38. The predicted molar refractivity (Wildman–Crippen MR) is 90.2 cm³/mol. The molecule has 1 aliphatic heterocycles. The zero-order valence-electron chi connectivity index (χ0n) is 11.6. The van der Waals surface area contributed by atoms with Crippen molar-refractivity contribution in [3.63, 3.8) is 0 Å². The van der Waals surface area contributed by atoms with Crippen LogP contribution in [-0.4, -0.2) is 27.4 Å². The Balaban J connectivity index is 1.68. The number of carbonyl (C=O) groups is 1. The summed E-state index contributed by atoms with van der Waals surface area (Å²) in [5.41, 5.74) is 1.30. The van der Waals surface area contributed by atoms with Gasteiger partial charge in [-0.2, -0.15) is 0 Å². The van der Waals surface area contributed by atoms with E-state index in [1.165, 1.54) is 5.56 Å². The third kappa shape index (κ3) is 2.16. The molecule has 1 aromatic rings. The molecule has 1 amide bonds. The van der Waals surface area contributed by atoms with Gasteiger partial charge in [-0.3, -0.25) is 9.69 Å². The number of thioether (sulfide) groups is 1. The van der Waals surface area contributed by atoms with Crippen molar-refractivity contribution in [2.24, 2.45) is 17.8 Å². The number of allylic oxidation sites excluding steroid dienone is 2. The van der Waals surface area contributed by atoms with E-state index in [1.807, 2.05) is 11.0 Å². The third-order valence-electron chi connectivity index (χ3n) is 4.96. The smallest absolute Gasteiger partial charge is 0.232 e. The van der Waals surface area contributed by atoms with Gasteiger partial charge in [0.05, 0.1) is 5.92 Å². The van der Waals surface area contributed by atoms with Crippen molar-refractivity contribution in [3.8, 4) is 0 Å². The van der Waals surface area contributed by atoms with E-state index in [1.54, 1.807) is 11.8 Å². The van der Waals surface area contributed by atoms with Gasteiger partial charge in [-0.05, 0) is 23.8 Å². The fraction of sp³-hybridized carbons (Fsp3) is 0.412. The molecule has 0 unspecified atom stereocenters. The summed E-state index contributed by atoms with van der Waals surface area (Å²) in [5.74, 6) is 2.48. The molecule has 0 aromatic heterocycles. The number of hydrogen-bond acceptors (Lipinski definition) is 3. The molecule has 1 heterocycles. The van der Waals surface area contributed by atoms with E-state index in [2.05, 4.69) is 36.4 Å². The summed E-state index contributed by atoms with van der Waals surface area (Å²) in [6.45, 7) is 0.779. The minimum atomic E-state index is 0.0686. The van der Waals surface area contributed by atoms with Crippen molar-refractivity contribution in [1.29, 1.82) is 0 Å². The summed E-state index contributed by atoms with van der Waals surface area (Å²) in [4.78, 5) is 14.9. The van der Waals surface area contributed by atoms with Gasteiger partial charge in [-0.15, -0.1) is 0 Å². The lowest BCUT2D eigenvalue weighted by Crippen LogP contribution is -2.40. The highest BCUT2D eigenvalue weighted by molar-refractivity contribution is 8.23. The van der Waals surface area contributed by atoms with Crippen LogP contribution in [0.4, 0.5) is 0 Å². The van der Waals surface area contributed by atoms with Crippen molar-refractivity contribution in [1.82, 2.24) is 4.90 Å². The molecule has 21 heavy (non-hydrogen) atoms. The highest BCUT2D eigenvalue weighted by Gasteiger charge is 2.50. The van der Waals surface area contributed by atoms with Gasteiger partial charge in [0.25, 0.3) is 0 Å². The maximum absolute atomic E-state index is 13.0. The van der Waals surface area contributed by atoms with E-state index < -0.39 is 0 Å². The lowest BCUT2D eigenvalue weighted by atomic mass is 9.78. The van der Waals surface area contributed by atoms with Gasteiger partial charge in [0.1, 0.15) is 4.32 Å². The summed E-state index contributed by atoms with van der Waals surface area (Å²) in [5, 5.41) is 0. The first kappa shape index (κ1) is 13.5. The maximum atomic E-state index is 13.0. The lowest BCUT2D eigenvalue weighted by molar-refractivity contribution is -0.132. The minimum absolute atomic E-state index is 0.0686. The first-order valence-corrected chi connectivity index (χ1v) is 8.86. The molecule has 2 bridgehead atoms. The second-order valence-corrected chi connectivity index (χ2v) is 7.74. The van der Waals surface area contributed by atoms with Gasteiger partial charge < -0.3 is 0 Å². The highest BCUT2D eigenvalue weighted by atomic mass is 32.2. The number of rotatable bonds is 2. The second-order valence-electron chi connectivity index (χ2n) is 6.01. The van der Waals surface area contributed by atoms with Crippen LogP contribution in [0.15, 0.2) is 42.5 Å². The fourth-order valence-corrected chi connectivity index (χ4v) is 5.28. The molecule has 2 aliphatic carbocycles. The van der Waals surface area contributed by atoms with Crippen LogP contribution < -0.4 is 0 Å². The molecule has 4 atom stereocenters. The highest BCUT2D eigenvalue weighted by Crippen LogP contribution is 2.53. The Morgan fingerprint density at radius 2 is 1.95 bits per heavy atom. The van der Waals surface area contributed by atoms with Gasteiger partial charge in [0.2, 0.25) is 5.91 Å². The molecule has 108 valence electrons. The van der Waals surface area contributed by atoms with Crippen LogP contribution >= 0.6 is 24.0 Å². The molecule has 2 fully saturated rings. The lowest BCUT2D eigenvalue weighted by Gasteiger charge is -2.30. The average Bonchev–Trinajstić information content (AvgIpc) is 3.22. The normalized spacial score (nSPS) is 33.9. The predicted octanol–water partition coefficient (Wildman–Crippen LogP) is 3.45. The quantitative estimate of drug-likeness (QED) is 0.616. The molecule has 0 N–H and O–H groups in total. The topological polar surface area (TPSA) is 20.3 Å². The van der Waals surface area contributed by atoms with E-state index in [-0.39, 0.29) is 11.8 Å². The van der Waals surface area contributed by atoms with Gasteiger partial charge in [0.15, 0.2) is 0 Å². The van der Waals surface area contributed by atoms with Crippen LogP contribution in [0.2, 0.25) is 0 Å². The fourth-order valence-electron chi connectivity index (χ4n) is 4.06. The minimum Gasteiger partial charge on any atom is -0.297 e. The van der Waals surface area contributed by atoms with E-state index in [0.29, 0.717) is 17.8 Å². The molecule has 1 aromatic carbocycles. The Hall–Kier alpha value is -1.13. The van der Waals surface area contributed by atoms with Gasteiger partial charge in [0, 0.05) is 18.2 Å². The molecule has 1 saturated heterocycles. The second kappa shape index (κ2) is 5.25. The number of hydrogen-bond donors (Lipinski definition) is 0. The zero-order chi connectivity index (χ0) is 14.4. The van der Waals surface area contributed by atoms with Crippen molar-refractivity contribution < 1.29 is 4.79 Å². The van der Waals surface area contributed by atoms with Gasteiger partial charge in [-0.1, -0.05) is 66.5 Å². The summed E-state index contributed by atoms with van der Waals surface area (Å²) >= 11 is 6.97. The molecule has 3 aliphatic rings. The molecule has 4 rings (SSSR count). The van der Waals surface area contributed by atoms with Crippen LogP contribution in [0, 0.1) is 17.8 Å².